The summed E-state index contributed by atoms with van der Waals surface area (Å²) in [5, 5.41) is 3.37. The van der Waals surface area contributed by atoms with Crippen LogP contribution >= 0.6 is 0 Å². The van der Waals surface area contributed by atoms with Crippen LogP contribution in [0.3, 0.4) is 0 Å². The highest BCUT2D eigenvalue weighted by molar-refractivity contribution is 5.81. The SMILES string of the molecule is Cc1cccc(OC(C)C(=O)N2CCN(C(=O)CCC3CCNCC3)CC2)c1. The minimum atomic E-state index is -0.524. The summed E-state index contributed by atoms with van der Waals surface area (Å²) < 4.78 is 5.81. The molecule has 2 heterocycles. The normalized spacial score (nSPS) is 19.4. The summed E-state index contributed by atoms with van der Waals surface area (Å²) in [5.74, 6) is 1.61. The predicted molar refractivity (Wildman–Crippen MR) is 109 cm³/mol. The lowest BCUT2D eigenvalue weighted by Crippen LogP contribution is -2.53. The molecule has 1 N–H and O–H groups in total. The molecule has 2 aliphatic heterocycles. The van der Waals surface area contributed by atoms with Crippen LogP contribution in [0.15, 0.2) is 24.3 Å². The fourth-order valence-corrected chi connectivity index (χ4v) is 4.03. The molecule has 2 fully saturated rings. The monoisotopic (exact) mass is 387 g/mol. The van der Waals surface area contributed by atoms with Gasteiger partial charge in [0.15, 0.2) is 6.10 Å². The Balaban J connectivity index is 1.41. The van der Waals surface area contributed by atoms with Crippen molar-refractivity contribution in [1.82, 2.24) is 15.1 Å². The summed E-state index contributed by atoms with van der Waals surface area (Å²) in [5.41, 5.74) is 1.11. The van der Waals surface area contributed by atoms with E-state index < -0.39 is 6.10 Å². The molecule has 2 aliphatic rings. The highest BCUT2D eigenvalue weighted by Crippen LogP contribution is 2.19. The molecule has 1 unspecified atom stereocenters. The van der Waals surface area contributed by atoms with Crippen molar-refractivity contribution in [3.05, 3.63) is 29.8 Å². The van der Waals surface area contributed by atoms with Gasteiger partial charge in [0.25, 0.3) is 5.91 Å². The quantitative estimate of drug-likeness (QED) is 0.813. The first-order valence-electron chi connectivity index (χ1n) is 10.5. The third-order valence-electron chi connectivity index (χ3n) is 5.82. The van der Waals surface area contributed by atoms with Gasteiger partial charge in [0.2, 0.25) is 5.91 Å². The molecule has 0 bridgehead atoms. The van der Waals surface area contributed by atoms with E-state index in [0.717, 1.165) is 25.1 Å². The van der Waals surface area contributed by atoms with Crippen LogP contribution in [0.2, 0.25) is 0 Å². The maximum Gasteiger partial charge on any atom is 0.263 e. The minimum Gasteiger partial charge on any atom is -0.481 e. The van der Waals surface area contributed by atoms with Gasteiger partial charge in [-0.1, -0.05) is 12.1 Å². The highest BCUT2D eigenvalue weighted by Gasteiger charge is 2.28. The van der Waals surface area contributed by atoms with Gasteiger partial charge in [-0.3, -0.25) is 9.59 Å². The van der Waals surface area contributed by atoms with Crippen LogP contribution in [0, 0.1) is 12.8 Å². The molecule has 0 saturated carbocycles. The first-order valence-corrected chi connectivity index (χ1v) is 10.5. The molecule has 2 saturated heterocycles. The number of carbonyl (C=O) groups excluding carboxylic acids is 2. The van der Waals surface area contributed by atoms with Crippen LogP contribution in [0.1, 0.15) is 38.2 Å². The Hall–Kier alpha value is -2.08. The molecule has 0 spiro atoms. The van der Waals surface area contributed by atoms with E-state index in [9.17, 15) is 9.59 Å². The molecule has 3 rings (SSSR count). The smallest absolute Gasteiger partial charge is 0.263 e. The van der Waals surface area contributed by atoms with Gasteiger partial charge in [0.1, 0.15) is 5.75 Å². The Morgan fingerprint density at radius 3 is 2.50 bits per heavy atom. The number of nitrogens with zero attached hydrogens (tertiary/aromatic N) is 2. The van der Waals surface area contributed by atoms with Gasteiger partial charge in [-0.2, -0.15) is 0 Å². The van der Waals surface area contributed by atoms with Crippen molar-refractivity contribution in [1.29, 1.82) is 0 Å². The lowest BCUT2D eigenvalue weighted by molar-refractivity contribution is -0.143. The minimum absolute atomic E-state index is 0.0108. The van der Waals surface area contributed by atoms with E-state index in [1.54, 1.807) is 6.92 Å². The van der Waals surface area contributed by atoms with Crippen molar-refractivity contribution in [2.45, 2.75) is 45.6 Å². The third-order valence-corrected chi connectivity index (χ3v) is 5.82. The van der Waals surface area contributed by atoms with Gasteiger partial charge in [-0.15, -0.1) is 0 Å². The topological polar surface area (TPSA) is 61.9 Å². The summed E-state index contributed by atoms with van der Waals surface area (Å²) in [6.45, 7) is 8.34. The van der Waals surface area contributed by atoms with Crippen LogP contribution in [0.4, 0.5) is 0 Å². The second-order valence-corrected chi connectivity index (χ2v) is 8.01. The van der Waals surface area contributed by atoms with Gasteiger partial charge < -0.3 is 19.9 Å². The van der Waals surface area contributed by atoms with Crippen molar-refractivity contribution < 1.29 is 14.3 Å². The fourth-order valence-electron chi connectivity index (χ4n) is 4.03. The number of aryl methyl sites for hydroxylation is 1. The first-order chi connectivity index (χ1) is 13.5. The Morgan fingerprint density at radius 2 is 1.82 bits per heavy atom. The zero-order valence-electron chi connectivity index (χ0n) is 17.2. The van der Waals surface area contributed by atoms with Crippen LogP contribution in [-0.4, -0.2) is 67.0 Å². The number of piperidine rings is 1. The van der Waals surface area contributed by atoms with Gasteiger partial charge in [0.05, 0.1) is 0 Å². The molecule has 2 amide bonds. The molecular weight excluding hydrogens is 354 g/mol. The lowest BCUT2D eigenvalue weighted by atomic mass is 9.93. The number of benzene rings is 1. The van der Waals surface area contributed by atoms with Crippen molar-refractivity contribution in [3.8, 4) is 5.75 Å². The average Bonchev–Trinajstić information content (AvgIpc) is 2.72. The van der Waals surface area contributed by atoms with Gasteiger partial charge >= 0.3 is 0 Å². The maximum absolute atomic E-state index is 12.7. The van der Waals surface area contributed by atoms with Gasteiger partial charge in [-0.25, -0.2) is 0 Å². The molecule has 0 aliphatic carbocycles. The molecule has 28 heavy (non-hydrogen) atoms. The van der Waals surface area contributed by atoms with Gasteiger partial charge in [-0.05, 0) is 69.8 Å². The standard InChI is InChI=1S/C22H33N3O3/c1-17-4-3-5-20(16-17)28-18(2)22(27)25-14-12-24(13-15-25)21(26)7-6-19-8-10-23-11-9-19/h3-5,16,18-19,23H,6-15H2,1-2H3. The molecule has 154 valence electrons. The second kappa shape index (κ2) is 9.92. The predicted octanol–water partition coefficient (Wildman–Crippen LogP) is 2.21. The Bertz CT molecular complexity index is 665. The Morgan fingerprint density at radius 1 is 1.14 bits per heavy atom. The zero-order valence-corrected chi connectivity index (χ0v) is 17.2. The molecular formula is C22H33N3O3. The maximum atomic E-state index is 12.7. The average molecular weight is 388 g/mol. The van der Waals surface area contributed by atoms with Crippen molar-refractivity contribution >= 4 is 11.8 Å². The number of nitrogens with one attached hydrogen (secondary N) is 1. The van der Waals surface area contributed by atoms with E-state index in [1.165, 1.54) is 12.8 Å². The molecule has 1 atom stereocenters. The van der Waals surface area contributed by atoms with E-state index in [4.69, 9.17) is 4.74 Å². The number of hydrogen-bond acceptors (Lipinski definition) is 4. The van der Waals surface area contributed by atoms with Crippen LogP contribution in [0.5, 0.6) is 5.75 Å². The first kappa shape index (κ1) is 20.6. The zero-order chi connectivity index (χ0) is 19.9. The van der Waals surface area contributed by atoms with Crippen LogP contribution in [-0.2, 0) is 9.59 Å². The molecule has 1 aromatic carbocycles. The number of carbonyl (C=O) groups is 2. The van der Waals surface area contributed by atoms with Crippen molar-refractivity contribution in [2.75, 3.05) is 39.3 Å². The fraction of sp³-hybridized carbons (Fsp3) is 0.636. The summed E-state index contributed by atoms with van der Waals surface area (Å²) in [4.78, 5) is 28.9. The largest absolute Gasteiger partial charge is 0.481 e. The van der Waals surface area contributed by atoms with Gasteiger partial charge in [0, 0.05) is 32.6 Å². The Labute approximate surface area is 168 Å². The number of ether oxygens (including phenoxy) is 1. The molecule has 6 nitrogen and oxygen atoms in total. The summed E-state index contributed by atoms with van der Waals surface area (Å²) in [7, 11) is 0. The number of hydrogen-bond donors (Lipinski definition) is 1. The van der Waals surface area contributed by atoms with E-state index in [-0.39, 0.29) is 11.8 Å². The Kier molecular flexibility index (Phi) is 7.31. The number of amides is 2. The molecule has 0 radical (unpaired) electrons. The van der Waals surface area contributed by atoms with Crippen LogP contribution in [0.25, 0.3) is 0 Å². The lowest BCUT2D eigenvalue weighted by Gasteiger charge is -2.36. The summed E-state index contributed by atoms with van der Waals surface area (Å²) in [6.07, 6.45) is 3.44. The highest BCUT2D eigenvalue weighted by atomic mass is 16.5. The molecule has 0 aromatic heterocycles. The van der Waals surface area contributed by atoms with E-state index in [1.807, 2.05) is 41.0 Å². The van der Waals surface area contributed by atoms with E-state index in [0.29, 0.717) is 44.3 Å². The third kappa shape index (κ3) is 5.71. The van der Waals surface area contributed by atoms with Crippen LogP contribution < -0.4 is 10.1 Å². The molecule has 1 aromatic rings. The summed E-state index contributed by atoms with van der Waals surface area (Å²) >= 11 is 0. The van der Waals surface area contributed by atoms with Crippen molar-refractivity contribution in [2.24, 2.45) is 5.92 Å². The van der Waals surface area contributed by atoms with Crippen molar-refractivity contribution in [3.63, 3.8) is 0 Å². The van der Waals surface area contributed by atoms with E-state index >= 15 is 0 Å². The number of piperazine rings is 1. The van der Waals surface area contributed by atoms with E-state index in [2.05, 4.69) is 5.32 Å². The second-order valence-electron chi connectivity index (χ2n) is 8.01. The molecule has 6 heteroatoms. The number of rotatable bonds is 6. The summed E-state index contributed by atoms with van der Waals surface area (Å²) in [6, 6.07) is 7.73.